The summed E-state index contributed by atoms with van der Waals surface area (Å²) in [4.78, 5) is 35.9. The molecule has 0 fully saturated rings. The molecule has 0 aliphatic carbocycles. The Kier molecular flexibility index (Phi) is 7.02. The highest BCUT2D eigenvalue weighted by Crippen LogP contribution is 2.30. The second kappa shape index (κ2) is 9.53. The highest BCUT2D eigenvalue weighted by atomic mass is 35.5. The van der Waals surface area contributed by atoms with Gasteiger partial charge in [0.25, 0.3) is 17.5 Å². The number of nitrogens with zero attached hydrogens (tertiary/aromatic N) is 1. The smallest absolute Gasteiger partial charge is 0.271 e. The van der Waals surface area contributed by atoms with E-state index in [1.165, 1.54) is 48.5 Å². The molecule has 0 atom stereocenters. The first-order chi connectivity index (χ1) is 14.7. The van der Waals surface area contributed by atoms with Crippen LogP contribution >= 0.6 is 46.4 Å². The third kappa shape index (κ3) is 5.45. The molecule has 3 aromatic rings. The number of carbonyl (C=O) groups excluding carboxylic acids is 2. The van der Waals surface area contributed by atoms with Crippen molar-refractivity contribution in [3.63, 3.8) is 0 Å². The van der Waals surface area contributed by atoms with Crippen LogP contribution in [0.15, 0.2) is 54.6 Å². The predicted octanol–water partition coefficient (Wildman–Crippen LogP) is 6.71. The van der Waals surface area contributed by atoms with Crippen molar-refractivity contribution in [3.05, 3.63) is 95.9 Å². The number of halogens is 4. The van der Waals surface area contributed by atoms with Gasteiger partial charge in [0.15, 0.2) is 0 Å². The van der Waals surface area contributed by atoms with Crippen molar-refractivity contribution in [2.45, 2.75) is 0 Å². The standard InChI is InChI=1S/C20H11Cl4N3O4/c21-10-1-4-13(15(23)7-10)19(28)25-17-6-3-12(27(30)31)9-18(17)26-20(29)14-5-2-11(22)8-16(14)24/h1-9H,(H,25,28)(H,26,29). The average Bonchev–Trinajstić information content (AvgIpc) is 2.68. The van der Waals surface area contributed by atoms with E-state index in [4.69, 9.17) is 46.4 Å². The molecule has 0 saturated carbocycles. The number of nitrogens with one attached hydrogen (secondary N) is 2. The average molecular weight is 499 g/mol. The van der Waals surface area contributed by atoms with Crippen LogP contribution in [0, 0.1) is 10.1 Å². The molecule has 2 amide bonds. The first-order valence-corrected chi connectivity index (χ1v) is 9.98. The molecule has 2 N–H and O–H groups in total. The van der Waals surface area contributed by atoms with Crippen molar-refractivity contribution in [2.24, 2.45) is 0 Å². The zero-order valence-electron chi connectivity index (χ0n) is 15.3. The van der Waals surface area contributed by atoms with Gasteiger partial charge in [-0.3, -0.25) is 19.7 Å². The summed E-state index contributed by atoms with van der Waals surface area (Å²) in [5.41, 5.74) is 0.0294. The van der Waals surface area contributed by atoms with E-state index >= 15 is 0 Å². The van der Waals surface area contributed by atoms with Crippen molar-refractivity contribution >= 4 is 75.3 Å². The van der Waals surface area contributed by atoms with Crippen LogP contribution in [0.1, 0.15) is 20.7 Å². The summed E-state index contributed by atoms with van der Waals surface area (Å²) < 4.78 is 0. The monoisotopic (exact) mass is 497 g/mol. The molecular formula is C20H11Cl4N3O4. The van der Waals surface area contributed by atoms with E-state index in [1.807, 2.05) is 0 Å². The number of carbonyl (C=O) groups is 2. The Morgan fingerprint density at radius 3 is 1.65 bits per heavy atom. The van der Waals surface area contributed by atoms with Crippen molar-refractivity contribution in [2.75, 3.05) is 10.6 Å². The highest BCUT2D eigenvalue weighted by molar-refractivity contribution is 6.38. The van der Waals surface area contributed by atoms with Crippen molar-refractivity contribution in [3.8, 4) is 0 Å². The van der Waals surface area contributed by atoms with Gasteiger partial charge in [0.05, 0.1) is 37.5 Å². The first-order valence-electron chi connectivity index (χ1n) is 8.47. The molecule has 31 heavy (non-hydrogen) atoms. The lowest BCUT2D eigenvalue weighted by Gasteiger charge is -2.13. The van der Waals surface area contributed by atoms with Crippen LogP contribution in [-0.4, -0.2) is 16.7 Å². The lowest BCUT2D eigenvalue weighted by Crippen LogP contribution is -2.17. The Bertz CT molecular complexity index is 1220. The minimum absolute atomic E-state index is 0.0105. The van der Waals surface area contributed by atoms with Gasteiger partial charge in [0, 0.05) is 22.2 Å². The summed E-state index contributed by atoms with van der Waals surface area (Å²) in [6.45, 7) is 0. The van der Waals surface area contributed by atoms with E-state index in [0.717, 1.165) is 6.07 Å². The van der Waals surface area contributed by atoms with Crippen LogP contribution in [0.4, 0.5) is 17.1 Å². The molecule has 0 saturated heterocycles. The van der Waals surface area contributed by atoms with Crippen molar-refractivity contribution in [1.82, 2.24) is 0 Å². The summed E-state index contributed by atoms with van der Waals surface area (Å²) in [6.07, 6.45) is 0. The molecule has 0 spiro atoms. The van der Waals surface area contributed by atoms with Crippen LogP contribution in [0.3, 0.4) is 0 Å². The third-order valence-corrected chi connectivity index (χ3v) is 5.16. The van der Waals surface area contributed by atoms with Gasteiger partial charge in [0.1, 0.15) is 0 Å². The molecule has 0 heterocycles. The molecule has 0 bridgehead atoms. The minimum atomic E-state index is -0.651. The number of nitro benzene ring substituents is 1. The van der Waals surface area contributed by atoms with Crippen LogP contribution in [0.5, 0.6) is 0 Å². The van der Waals surface area contributed by atoms with Gasteiger partial charge in [-0.1, -0.05) is 46.4 Å². The predicted molar refractivity (Wildman–Crippen MR) is 122 cm³/mol. The van der Waals surface area contributed by atoms with Crippen LogP contribution < -0.4 is 10.6 Å². The molecule has 0 unspecified atom stereocenters. The Labute approximate surface area is 196 Å². The van der Waals surface area contributed by atoms with Crippen LogP contribution in [0.25, 0.3) is 0 Å². The number of rotatable bonds is 5. The van der Waals surface area contributed by atoms with E-state index in [-0.39, 0.29) is 38.2 Å². The number of nitro groups is 1. The molecule has 0 aliphatic rings. The normalized spacial score (nSPS) is 10.5. The van der Waals surface area contributed by atoms with Crippen molar-refractivity contribution < 1.29 is 14.5 Å². The second-order valence-electron chi connectivity index (χ2n) is 6.14. The molecule has 7 nitrogen and oxygen atoms in total. The second-order valence-corrected chi connectivity index (χ2v) is 7.83. The number of hydrogen-bond donors (Lipinski definition) is 2. The fourth-order valence-electron chi connectivity index (χ4n) is 2.58. The number of amides is 2. The third-order valence-electron chi connectivity index (χ3n) is 4.06. The largest absolute Gasteiger partial charge is 0.320 e. The SMILES string of the molecule is O=C(Nc1ccc([N+](=O)[O-])cc1NC(=O)c1ccc(Cl)cc1Cl)c1ccc(Cl)cc1Cl. The summed E-state index contributed by atoms with van der Waals surface area (Å²) in [7, 11) is 0. The van der Waals surface area contributed by atoms with E-state index in [1.54, 1.807) is 0 Å². The topological polar surface area (TPSA) is 101 Å². The first kappa shape index (κ1) is 22.8. The summed E-state index contributed by atoms with van der Waals surface area (Å²) >= 11 is 23.8. The van der Waals surface area contributed by atoms with Gasteiger partial charge >= 0.3 is 0 Å². The maximum absolute atomic E-state index is 12.7. The molecule has 0 aliphatic heterocycles. The fourth-order valence-corrected chi connectivity index (χ4v) is 3.57. The van der Waals surface area contributed by atoms with Gasteiger partial charge in [-0.05, 0) is 42.5 Å². The lowest BCUT2D eigenvalue weighted by atomic mass is 10.1. The van der Waals surface area contributed by atoms with Gasteiger partial charge in [-0.2, -0.15) is 0 Å². The van der Waals surface area contributed by atoms with E-state index < -0.39 is 16.7 Å². The molecule has 3 rings (SSSR count). The highest BCUT2D eigenvalue weighted by Gasteiger charge is 2.19. The summed E-state index contributed by atoms with van der Waals surface area (Å²) in [5.74, 6) is -1.25. The molecule has 0 aromatic heterocycles. The summed E-state index contributed by atoms with van der Waals surface area (Å²) in [5, 5.41) is 17.2. The van der Waals surface area contributed by atoms with Gasteiger partial charge in [0.2, 0.25) is 0 Å². The van der Waals surface area contributed by atoms with Crippen LogP contribution in [-0.2, 0) is 0 Å². The maximum Gasteiger partial charge on any atom is 0.271 e. The van der Waals surface area contributed by atoms with Crippen LogP contribution in [0.2, 0.25) is 20.1 Å². The lowest BCUT2D eigenvalue weighted by molar-refractivity contribution is -0.384. The van der Waals surface area contributed by atoms with E-state index in [9.17, 15) is 19.7 Å². The molecule has 158 valence electrons. The number of benzene rings is 3. The maximum atomic E-state index is 12.7. The zero-order chi connectivity index (χ0) is 22.7. The Hall–Kier alpha value is -2.84. The quantitative estimate of drug-likeness (QED) is 0.301. The molecular weight excluding hydrogens is 488 g/mol. The van der Waals surface area contributed by atoms with Gasteiger partial charge in [-0.15, -0.1) is 0 Å². The Morgan fingerprint density at radius 1 is 0.710 bits per heavy atom. The molecule has 11 heteroatoms. The van der Waals surface area contributed by atoms with Gasteiger partial charge < -0.3 is 10.6 Å². The van der Waals surface area contributed by atoms with Crippen molar-refractivity contribution in [1.29, 1.82) is 0 Å². The minimum Gasteiger partial charge on any atom is -0.320 e. The van der Waals surface area contributed by atoms with Gasteiger partial charge in [-0.25, -0.2) is 0 Å². The number of hydrogen-bond acceptors (Lipinski definition) is 4. The number of anilines is 2. The zero-order valence-corrected chi connectivity index (χ0v) is 18.3. The Balaban J connectivity index is 1.94. The fraction of sp³-hybridized carbons (Fsp3) is 0. The Morgan fingerprint density at radius 2 is 1.19 bits per heavy atom. The van der Waals surface area contributed by atoms with E-state index in [0.29, 0.717) is 10.0 Å². The molecule has 0 radical (unpaired) electrons. The summed E-state index contributed by atoms with van der Waals surface area (Å²) in [6, 6.07) is 12.2. The number of non-ortho nitro benzene ring substituents is 1. The molecule has 3 aromatic carbocycles. The van der Waals surface area contributed by atoms with E-state index in [2.05, 4.69) is 10.6 Å².